The second-order valence-electron chi connectivity index (χ2n) is 4.38. The summed E-state index contributed by atoms with van der Waals surface area (Å²) in [7, 11) is 0. The van der Waals surface area contributed by atoms with Crippen LogP contribution in [-0.4, -0.2) is 26.2 Å². The molecule has 0 N–H and O–H groups in total. The van der Waals surface area contributed by atoms with Gasteiger partial charge in [0.15, 0.2) is 0 Å². The second-order valence-corrected chi connectivity index (χ2v) is 4.38. The zero-order valence-electron chi connectivity index (χ0n) is 11.3. The summed E-state index contributed by atoms with van der Waals surface area (Å²) >= 11 is 0. The van der Waals surface area contributed by atoms with Crippen LogP contribution in [0.4, 0.5) is 0 Å². The van der Waals surface area contributed by atoms with Crippen LogP contribution in [0, 0.1) is 11.8 Å². The first-order valence-corrected chi connectivity index (χ1v) is 5.55. The Hall–Kier alpha value is 4.34. The molecule has 2 nitrogen and oxygen atoms in total. The van der Waals surface area contributed by atoms with E-state index in [0.29, 0.717) is 0 Å². The molecule has 1 unspecified atom stereocenters. The molecular weight excluding hydrogens is 516 g/mol. The normalized spacial score (nSPS) is 22.6. The first-order valence-electron chi connectivity index (χ1n) is 5.55. The van der Waals surface area contributed by atoms with Gasteiger partial charge in [-0.2, -0.15) is 0 Å². The summed E-state index contributed by atoms with van der Waals surface area (Å²) in [6, 6.07) is 0. The van der Waals surface area contributed by atoms with Gasteiger partial charge in [-0.1, -0.05) is 39.0 Å². The van der Waals surface area contributed by atoms with Crippen molar-refractivity contribution in [3.63, 3.8) is 0 Å². The molecule has 90 valence electrons. The van der Waals surface area contributed by atoms with E-state index < -0.39 is 0 Å². The summed E-state index contributed by atoms with van der Waals surface area (Å²) in [5.41, 5.74) is 0. The Morgan fingerprint density at radius 3 is 1.24 bits per heavy atom. The molecule has 6 heteroatoms. The van der Waals surface area contributed by atoms with E-state index in [1.807, 2.05) is 0 Å². The minimum Gasteiger partial charge on any atom is -0.662 e. The molecule has 2 heterocycles. The van der Waals surface area contributed by atoms with Crippen LogP contribution in [0.25, 0.3) is 10.6 Å². The maximum atomic E-state index is 4.23. The van der Waals surface area contributed by atoms with Crippen molar-refractivity contribution in [1.82, 2.24) is 0 Å². The Morgan fingerprint density at radius 1 is 0.647 bits per heavy atom. The molecule has 0 bridgehead atoms. The van der Waals surface area contributed by atoms with Crippen LogP contribution in [0.3, 0.4) is 0 Å². The Balaban J connectivity index is -0.0000000810. The molecule has 0 aromatic heterocycles. The third kappa shape index (κ3) is 18.3. The number of hydrogen-bond acceptors (Lipinski definition) is 0. The molecule has 1 atom stereocenters. The van der Waals surface area contributed by atoms with Crippen LogP contribution >= 0.6 is 0 Å². The van der Waals surface area contributed by atoms with Gasteiger partial charge >= 0.3 is 0 Å². The van der Waals surface area contributed by atoms with E-state index in [1.165, 1.54) is 19.3 Å². The van der Waals surface area contributed by atoms with Crippen molar-refractivity contribution in [2.24, 2.45) is 11.8 Å². The summed E-state index contributed by atoms with van der Waals surface area (Å²) in [5, 5.41) is 8.39. The molecule has 17 heavy (non-hydrogen) atoms. The van der Waals surface area contributed by atoms with E-state index in [1.54, 1.807) is 0 Å². The van der Waals surface area contributed by atoms with E-state index in [-0.39, 0.29) is 131 Å². The maximum absolute atomic E-state index is 4.23. The van der Waals surface area contributed by atoms with Crippen molar-refractivity contribution < 1.29 is 131 Å². The second kappa shape index (κ2) is 20.3. The largest absolute Gasteiger partial charge is 0.662 e. The van der Waals surface area contributed by atoms with Crippen molar-refractivity contribution in [2.75, 3.05) is 26.2 Å². The zero-order chi connectivity index (χ0) is 9.52. The van der Waals surface area contributed by atoms with E-state index >= 15 is 0 Å². The summed E-state index contributed by atoms with van der Waals surface area (Å²) in [5.74, 6) is 1.82. The molecule has 0 saturated carbocycles. The zero-order valence-corrected chi connectivity index (χ0v) is 22.7. The van der Waals surface area contributed by atoms with Crippen LogP contribution < -0.4 is 0 Å². The number of rotatable bonds is 0. The number of piperidine rings is 1. The molecular formula is C11H22N2Y4-2. The van der Waals surface area contributed by atoms with Crippen LogP contribution in [0.1, 0.15) is 33.1 Å². The Labute approximate surface area is 208 Å². The van der Waals surface area contributed by atoms with Gasteiger partial charge in [-0.05, 0) is 5.92 Å². The molecule has 2 saturated heterocycles. The van der Waals surface area contributed by atoms with Crippen LogP contribution in [0.5, 0.6) is 0 Å². The molecule has 0 aromatic carbocycles. The van der Waals surface area contributed by atoms with Gasteiger partial charge in [-0.3, -0.25) is 0 Å². The van der Waals surface area contributed by atoms with Crippen molar-refractivity contribution in [3.8, 4) is 0 Å². The standard InChI is InChI=1S/C6H12N.C5H10N.4Y/c1-6-2-4-7-5-3-6;1-5-2-3-6-4-5;;;;/h6H,2-5H2,1H3;5H,2-4H2,1H3;;;;/q2*-1;;;;. The summed E-state index contributed by atoms with van der Waals surface area (Å²) < 4.78 is 0. The average molecular weight is 538 g/mol. The topological polar surface area (TPSA) is 28.2 Å². The van der Waals surface area contributed by atoms with Gasteiger partial charge in [0, 0.05) is 131 Å². The van der Waals surface area contributed by atoms with Crippen molar-refractivity contribution in [2.45, 2.75) is 33.1 Å². The fourth-order valence-electron chi connectivity index (χ4n) is 1.59. The quantitative estimate of drug-likeness (QED) is 0.454. The first kappa shape index (κ1) is 29.4. The molecule has 2 aliphatic rings. The maximum Gasteiger partial charge on any atom is 0 e. The number of nitrogens with zero attached hydrogens (tertiary/aromatic N) is 2. The van der Waals surface area contributed by atoms with E-state index in [0.717, 1.165) is 38.0 Å². The molecule has 0 spiro atoms. The van der Waals surface area contributed by atoms with Crippen molar-refractivity contribution in [3.05, 3.63) is 10.6 Å². The summed E-state index contributed by atoms with van der Waals surface area (Å²) in [6.45, 7) is 8.99. The van der Waals surface area contributed by atoms with E-state index in [9.17, 15) is 0 Å². The SMILES string of the molecule is CC1CC[N-]C1.CC1CC[N-]CC1.[Y].[Y].[Y].[Y]. The van der Waals surface area contributed by atoms with Crippen molar-refractivity contribution in [1.29, 1.82) is 0 Å². The third-order valence-corrected chi connectivity index (χ3v) is 2.78. The Bertz CT molecular complexity index is 127. The Morgan fingerprint density at radius 2 is 1.06 bits per heavy atom. The fourth-order valence-corrected chi connectivity index (χ4v) is 1.59. The van der Waals surface area contributed by atoms with E-state index in [2.05, 4.69) is 24.5 Å². The van der Waals surface area contributed by atoms with Gasteiger partial charge in [0.2, 0.25) is 0 Å². The molecule has 2 rings (SSSR count). The van der Waals surface area contributed by atoms with Gasteiger partial charge in [0.25, 0.3) is 0 Å². The monoisotopic (exact) mass is 538 g/mol. The predicted molar refractivity (Wildman–Crippen MR) is 58.4 cm³/mol. The summed E-state index contributed by atoms with van der Waals surface area (Å²) in [6.07, 6.45) is 3.96. The average Bonchev–Trinajstić information content (AvgIpc) is 2.58. The van der Waals surface area contributed by atoms with Gasteiger partial charge < -0.3 is 10.6 Å². The number of hydrogen-bond donors (Lipinski definition) is 0. The molecule has 2 aliphatic heterocycles. The van der Waals surface area contributed by atoms with Crippen LogP contribution in [-0.2, 0) is 131 Å². The molecule has 0 amide bonds. The van der Waals surface area contributed by atoms with Gasteiger partial charge in [0.05, 0.1) is 0 Å². The minimum absolute atomic E-state index is 0. The van der Waals surface area contributed by atoms with Crippen LogP contribution in [0.15, 0.2) is 0 Å². The van der Waals surface area contributed by atoms with Crippen LogP contribution in [0.2, 0.25) is 0 Å². The first-order chi connectivity index (χ1) is 6.29. The molecule has 0 aromatic rings. The molecule has 0 aliphatic carbocycles. The third-order valence-electron chi connectivity index (χ3n) is 2.78. The molecule has 4 radical (unpaired) electrons. The summed E-state index contributed by atoms with van der Waals surface area (Å²) in [4.78, 5) is 0. The van der Waals surface area contributed by atoms with Gasteiger partial charge in [-0.15, -0.1) is 26.2 Å². The van der Waals surface area contributed by atoms with Gasteiger partial charge in [0.1, 0.15) is 0 Å². The Kier molecular flexibility index (Phi) is 35.1. The smallest absolute Gasteiger partial charge is 0 e. The predicted octanol–water partition coefficient (Wildman–Crippen LogP) is 3.18. The minimum atomic E-state index is 0. The van der Waals surface area contributed by atoms with E-state index in [4.69, 9.17) is 0 Å². The van der Waals surface area contributed by atoms with Crippen molar-refractivity contribution >= 4 is 0 Å². The van der Waals surface area contributed by atoms with Gasteiger partial charge in [-0.25, -0.2) is 0 Å². The fraction of sp³-hybridized carbons (Fsp3) is 1.00. The molecule has 2 fully saturated rings.